The molecule has 1 aromatic rings. The van der Waals surface area contributed by atoms with Gasteiger partial charge in [0.05, 0.1) is 5.56 Å². The Bertz CT molecular complexity index is 518. The molecule has 2 fully saturated rings. The van der Waals surface area contributed by atoms with Crippen LogP contribution in [0.4, 0.5) is 9.80 Å². The quantitative estimate of drug-likeness (QED) is 0.776. The highest BCUT2D eigenvalue weighted by atomic mass is 32.1. The lowest BCUT2D eigenvalue weighted by Crippen LogP contribution is -2.34. The second-order valence-electron chi connectivity index (χ2n) is 5.41. The predicted octanol–water partition coefficient (Wildman–Crippen LogP) is 2.76. The number of rotatable bonds is 5. The summed E-state index contributed by atoms with van der Waals surface area (Å²) >= 11 is 1.22. The van der Waals surface area contributed by atoms with Crippen LogP contribution in [0.1, 0.15) is 36.0 Å². The summed E-state index contributed by atoms with van der Waals surface area (Å²) in [6.07, 6.45) is 4.99. The Kier molecular flexibility index (Phi) is 2.97. The molecule has 2 amide bonds. The molecule has 6 heteroatoms. The summed E-state index contributed by atoms with van der Waals surface area (Å²) in [6.45, 7) is 0.706. The van der Waals surface area contributed by atoms with E-state index in [-0.39, 0.29) is 11.6 Å². The van der Waals surface area contributed by atoms with E-state index in [4.69, 9.17) is 5.11 Å². The van der Waals surface area contributed by atoms with Gasteiger partial charge in [0, 0.05) is 6.54 Å². The Morgan fingerprint density at radius 1 is 1.42 bits per heavy atom. The maximum Gasteiger partial charge on any atom is 0.338 e. The van der Waals surface area contributed by atoms with Gasteiger partial charge < -0.3 is 10.4 Å². The number of urea groups is 1. The number of aromatic carboxylic acids is 1. The van der Waals surface area contributed by atoms with Crippen molar-refractivity contribution in [2.24, 2.45) is 11.3 Å². The van der Waals surface area contributed by atoms with Crippen molar-refractivity contribution < 1.29 is 14.7 Å². The van der Waals surface area contributed by atoms with Gasteiger partial charge >= 0.3 is 12.0 Å². The van der Waals surface area contributed by atoms with Gasteiger partial charge in [0.25, 0.3) is 0 Å². The van der Waals surface area contributed by atoms with Gasteiger partial charge in [0.2, 0.25) is 0 Å². The van der Waals surface area contributed by atoms with Gasteiger partial charge in [0.15, 0.2) is 0 Å². The number of carboxylic acid groups (broad SMARTS) is 1. The van der Waals surface area contributed by atoms with Crippen LogP contribution in [-0.2, 0) is 0 Å². The van der Waals surface area contributed by atoms with Crippen LogP contribution in [0, 0.1) is 11.3 Å². The molecule has 2 aliphatic rings. The molecule has 2 saturated carbocycles. The maximum atomic E-state index is 11.8. The lowest BCUT2D eigenvalue weighted by Gasteiger charge is -2.15. The van der Waals surface area contributed by atoms with Gasteiger partial charge in [-0.1, -0.05) is 0 Å². The number of anilines is 1. The summed E-state index contributed by atoms with van der Waals surface area (Å²) < 4.78 is 0. The minimum absolute atomic E-state index is 0.142. The first-order chi connectivity index (χ1) is 9.11. The van der Waals surface area contributed by atoms with E-state index in [2.05, 4.69) is 10.6 Å². The van der Waals surface area contributed by atoms with Gasteiger partial charge in [-0.25, -0.2) is 9.59 Å². The van der Waals surface area contributed by atoms with Crippen LogP contribution in [0.5, 0.6) is 0 Å². The average molecular weight is 280 g/mol. The number of carbonyl (C=O) groups is 2. The summed E-state index contributed by atoms with van der Waals surface area (Å²) in [5.41, 5.74) is 0.492. The van der Waals surface area contributed by atoms with E-state index in [1.165, 1.54) is 43.1 Å². The summed E-state index contributed by atoms with van der Waals surface area (Å²) in [6, 6.07) is 1.19. The standard InChI is InChI=1S/C13H16N2O3S/c16-11(17)9-3-6-19-10(9)15-12(18)14-7-13(4-5-13)8-1-2-8/h3,6,8H,1-2,4-5,7H2,(H,16,17)(H2,14,15,18). The summed E-state index contributed by atoms with van der Waals surface area (Å²) in [7, 11) is 0. The Hall–Kier alpha value is -1.56. The van der Waals surface area contributed by atoms with E-state index in [1.54, 1.807) is 5.38 Å². The minimum atomic E-state index is -1.02. The molecule has 1 aromatic heterocycles. The average Bonchev–Trinajstić information content (AvgIpc) is 3.25. The van der Waals surface area contributed by atoms with Crippen LogP contribution >= 0.6 is 11.3 Å². The molecule has 0 radical (unpaired) electrons. The van der Waals surface area contributed by atoms with Crippen LogP contribution in [0.15, 0.2) is 11.4 Å². The summed E-state index contributed by atoms with van der Waals surface area (Å²) in [5.74, 6) is -0.225. The highest BCUT2D eigenvalue weighted by Crippen LogP contribution is 2.60. The van der Waals surface area contributed by atoms with E-state index < -0.39 is 5.97 Å². The molecule has 2 aliphatic carbocycles. The van der Waals surface area contributed by atoms with E-state index in [0.717, 1.165) is 5.92 Å². The molecule has 3 rings (SSSR count). The van der Waals surface area contributed by atoms with Crippen molar-refractivity contribution >= 4 is 28.3 Å². The molecule has 102 valence electrons. The molecule has 19 heavy (non-hydrogen) atoms. The Morgan fingerprint density at radius 3 is 2.74 bits per heavy atom. The number of hydrogen-bond donors (Lipinski definition) is 3. The molecular formula is C13H16N2O3S. The maximum absolute atomic E-state index is 11.8. The number of carboxylic acids is 1. The third kappa shape index (κ3) is 2.58. The van der Waals surface area contributed by atoms with E-state index in [0.29, 0.717) is 17.0 Å². The summed E-state index contributed by atoms with van der Waals surface area (Å²) in [5, 5.41) is 16.5. The number of amides is 2. The van der Waals surface area contributed by atoms with E-state index in [9.17, 15) is 9.59 Å². The second kappa shape index (κ2) is 4.52. The second-order valence-corrected chi connectivity index (χ2v) is 6.33. The van der Waals surface area contributed by atoms with Crippen molar-refractivity contribution in [3.05, 3.63) is 17.0 Å². The fraction of sp³-hybridized carbons (Fsp3) is 0.538. The van der Waals surface area contributed by atoms with Crippen LogP contribution in [-0.4, -0.2) is 23.7 Å². The fourth-order valence-corrected chi connectivity index (χ4v) is 3.34. The molecule has 0 atom stereocenters. The number of nitrogens with one attached hydrogen (secondary N) is 2. The normalized spacial score (nSPS) is 19.8. The Morgan fingerprint density at radius 2 is 2.16 bits per heavy atom. The van der Waals surface area contributed by atoms with Crippen LogP contribution in [0.2, 0.25) is 0 Å². The first-order valence-corrected chi connectivity index (χ1v) is 7.34. The predicted molar refractivity (Wildman–Crippen MR) is 72.7 cm³/mol. The van der Waals surface area contributed by atoms with Crippen molar-refractivity contribution in [1.82, 2.24) is 5.32 Å². The van der Waals surface area contributed by atoms with Crippen molar-refractivity contribution in [2.75, 3.05) is 11.9 Å². The number of carbonyl (C=O) groups excluding carboxylic acids is 1. The monoisotopic (exact) mass is 280 g/mol. The van der Waals surface area contributed by atoms with Crippen LogP contribution < -0.4 is 10.6 Å². The topological polar surface area (TPSA) is 78.4 Å². The molecule has 5 nitrogen and oxygen atoms in total. The minimum Gasteiger partial charge on any atom is -0.478 e. The van der Waals surface area contributed by atoms with Crippen molar-refractivity contribution in [3.8, 4) is 0 Å². The fourth-order valence-electron chi connectivity index (χ4n) is 2.56. The third-order valence-corrected chi connectivity index (χ3v) is 4.89. The lowest BCUT2D eigenvalue weighted by atomic mass is 10.0. The van der Waals surface area contributed by atoms with Crippen LogP contribution in [0.25, 0.3) is 0 Å². The highest BCUT2D eigenvalue weighted by molar-refractivity contribution is 7.14. The zero-order chi connectivity index (χ0) is 13.5. The van der Waals surface area contributed by atoms with Gasteiger partial charge in [0.1, 0.15) is 5.00 Å². The number of hydrogen-bond acceptors (Lipinski definition) is 3. The lowest BCUT2D eigenvalue weighted by molar-refractivity contribution is 0.0698. The van der Waals surface area contributed by atoms with Gasteiger partial charge in [-0.15, -0.1) is 11.3 Å². The third-order valence-electron chi connectivity index (χ3n) is 4.06. The molecule has 0 bridgehead atoms. The van der Waals surface area contributed by atoms with Gasteiger partial charge in [-0.3, -0.25) is 5.32 Å². The zero-order valence-corrected chi connectivity index (χ0v) is 11.3. The molecular weight excluding hydrogens is 264 g/mol. The summed E-state index contributed by atoms with van der Waals surface area (Å²) in [4.78, 5) is 22.7. The first-order valence-electron chi connectivity index (χ1n) is 6.46. The molecule has 1 heterocycles. The smallest absolute Gasteiger partial charge is 0.338 e. The number of thiophene rings is 1. The zero-order valence-electron chi connectivity index (χ0n) is 10.4. The van der Waals surface area contributed by atoms with Crippen molar-refractivity contribution in [3.63, 3.8) is 0 Å². The van der Waals surface area contributed by atoms with Gasteiger partial charge in [-0.05, 0) is 48.5 Å². The van der Waals surface area contributed by atoms with Crippen molar-refractivity contribution in [2.45, 2.75) is 25.7 Å². The van der Waals surface area contributed by atoms with Crippen molar-refractivity contribution in [1.29, 1.82) is 0 Å². The molecule has 3 N–H and O–H groups in total. The largest absolute Gasteiger partial charge is 0.478 e. The Balaban J connectivity index is 1.53. The van der Waals surface area contributed by atoms with E-state index in [1.807, 2.05) is 0 Å². The Labute approximate surface area is 115 Å². The van der Waals surface area contributed by atoms with Gasteiger partial charge in [-0.2, -0.15) is 0 Å². The molecule has 0 aromatic carbocycles. The van der Waals surface area contributed by atoms with Crippen LogP contribution in [0.3, 0.4) is 0 Å². The molecule has 0 unspecified atom stereocenters. The molecule has 0 aliphatic heterocycles. The van der Waals surface area contributed by atoms with E-state index >= 15 is 0 Å². The SMILES string of the molecule is O=C(NCC1(C2CC2)CC1)Nc1sccc1C(=O)O. The first kappa shape index (κ1) is 12.5. The molecule has 0 saturated heterocycles. The highest BCUT2D eigenvalue weighted by Gasteiger charge is 2.53. The molecule has 0 spiro atoms.